The number of benzene rings is 2. The Morgan fingerprint density at radius 2 is 1.78 bits per heavy atom. The Morgan fingerprint density at radius 3 is 2.41 bits per heavy atom. The van der Waals surface area contributed by atoms with E-state index in [-0.39, 0.29) is 29.5 Å². The van der Waals surface area contributed by atoms with Crippen molar-refractivity contribution in [2.45, 2.75) is 13.3 Å². The van der Waals surface area contributed by atoms with Gasteiger partial charge in [0.2, 0.25) is 5.91 Å². The van der Waals surface area contributed by atoms with Gasteiger partial charge in [-0.15, -0.1) is 0 Å². The summed E-state index contributed by atoms with van der Waals surface area (Å²) in [6.07, 6.45) is 0.0539. The normalized spacial score (nSPS) is 10.3. The molecule has 0 fully saturated rings. The Morgan fingerprint density at radius 1 is 1.11 bits per heavy atom. The number of carbonyl (C=O) groups excluding carboxylic acids is 2. The minimum Gasteiger partial charge on any atom is -0.493 e. The van der Waals surface area contributed by atoms with Crippen LogP contribution in [0.4, 0.5) is 10.1 Å². The first-order valence-corrected chi connectivity index (χ1v) is 8.49. The zero-order valence-corrected chi connectivity index (χ0v) is 15.9. The average molecular weight is 395 g/mol. The lowest BCUT2D eigenvalue weighted by molar-refractivity contribution is -0.116. The van der Waals surface area contributed by atoms with Crippen LogP contribution in [0, 0.1) is 12.7 Å². The second-order valence-electron chi connectivity index (χ2n) is 5.70. The fourth-order valence-electron chi connectivity index (χ4n) is 2.39. The molecule has 0 aromatic heterocycles. The highest BCUT2D eigenvalue weighted by molar-refractivity contribution is 6.33. The number of carbonyl (C=O) groups is 2. The van der Waals surface area contributed by atoms with Crippen LogP contribution in [-0.2, 0) is 4.79 Å². The van der Waals surface area contributed by atoms with Crippen LogP contribution < -0.4 is 20.1 Å². The lowest BCUT2D eigenvalue weighted by Gasteiger charge is -2.14. The largest absolute Gasteiger partial charge is 0.493 e. The van der Waals surface area contributed by atoms with Crippen LogP contribution in [0.15, 0.2) is 30.3 Å². The van der Waals surface area contributed by atoms with Gasteiger partial charge in [-0.3, -0.25) is 9.59 Å². The van der Waals surface area contributed by atoms with E-state index in [0.717, 1.165) is 17.7 Å². The van der Waals surface area contributed by atoms with Crippen molar-refractivity contribution >= 4 is 29.1 Å². The third-order valence-electron chi connectivity index (χ3n) is 3.82. The summed E-state index contributed by atoms with van der Waals surface area (Å²) in [7, 11) is 3.04. The molecule has 0 spiro atoms. The number of nitrogens with one attached hydrogen (secondary N) is 2. The van der Waals surface area contributed by atoms with E-state index in [4.69, 9.17) is 21.1 Å². The van der Waals surface area contributed by atoms with Gasteiger partial charge in [0.1, 0.15) is 5.82 Å². The summed E-state index contributed by atoms with van der Waals surface area (Å²) in [5.41, 5.74) is 1.54. The Bertz CT molecular complexity index is 858. The maximum absolute atomic E-state index is 13.0. The van der Waals surface area contributed by atoms with Crippen LogP contribution >= 0.6 is 11.6 Å². The van der Waals surface area contributed by atoms with Crippen molar-refractivity contribution in [1.82, 2.24) is 5.32 Å². The monoisotopic (exact) mass is 394 g/mol. The molecule has 0 unspecified atom stereocenters. The zero-order valence-electron chi connectivity index (χ0n) is 15.2. The maximum atomic E-state index is 13.0. The van der Waals surface area contributed by atoms with Gasteiger partial charge >= 0.3 is 0 Å². The third-order valence-corrected chi connectivity index (χ3v) is 4.13. The average Bonchev–Trinajstić information content (AvgIpc) is 2.62. The van der Waals surface area contributed by atoms with Crippen LogP contribution in [0.25, 0.3) is 0 Å². The van der Waals surface area contributed by atoms with Crippen molar-refractivity contribution in [3.63, 3.8) is 0 Å². The fraction of sp³-hybridized carbons (Fsp3) is 0.263. The highest BCUT2D eigenvalue weighted by Crippen LogP contribution is 2.32. The summed E-state index contributed by atoms with van der Waals surface area (Å²) in [5.74, 6) is -0.221. The molecule has 2 amide bonds. The highest BCUT2D eigenvalue weighted by Gasteiger charge is 2.13. The molecule has 0 heterocycles. The molecule has 27 heavy (non-hydrogen) atoms. The van der Waals surface area contributed by atoms with Crippen LogP contribution in [0.1, 0.15) is 22.3 Å². The van der Waals surface area contributed by atoms with Gasteiger partial charge in [-0.25, -0.2) is 4.39 Å². The molecule has 0 radical (unpaired) electrons. The lowest BCUT2D eigenvalue weighted by Crippen LogP contribution is -2.28. The second kappa shape index (κ2) is 9.23. The predicted molar refractivity (Wildman–Crippen MR) is 101 cm³/mol. The van der Waals surface area contributed by atoms with Gasteiger partial charge in [-0.05, 0) is 36.8 Å². The molecule has 8 heteroatoms. The summed E-state index contributed by atoms with van der Waals surface area (Å²) >= 11 is 5.84. The first-order valence-electron chi connectivity index (χ1n) is 8.11. The summed E-state index contributed by atoms with van der Waals surface area (Å²) in [4.78, 5) is 24.2. The van der Waals surface area contributed by atoms with Crippen LogP contribution in [0.2, 0.25) is 5.02 Å². The highest BCUT2D eigenvalue weighted by atomic mass is 35.5. The van der Waals surface area contributed by atoms with Gasteiger partial charge in [0.15, 0.2) is 11.5 Å². The van der Waals surface area contributed by atoms with E-state index in [0.29, 0.717) is 17.2 Å². The number of amides is 2. The van der Waals surface area contributed by atoms with E-state index in [1.54, 1.807) is 12.1 Å². The number of hydrogen-bond acceptors (Lipinski definition) is 4. The van der Waals surface area contributed by atoms with Crippen molar-refractivity contribution in [2.24, 2.45) is 0 Å². The first-order chi connectivity index (χ1) is 12.8. The molecule has 144 valence electrons. The van der Waals surface area contributed by atoms with Crippen LogP contribution in [0.3, 0.4) is 0 Å². The Hall–Kier alpha value is -2.80. The van der Waals surface area contributed by atoms with Gasteiger partial charge in [0.05, 0.1) is 24.8 Å². The minimum atomic E-state index is -0.527. The first kappa shape index (κ1) is 20.5. The van der Waals surface area contributed by atoms with E-state index in [1.165, 1.54) is 20.3 Å². The topological polar surface area (TPSA) is 76.7 Å². The summed E-state index contributed by atoms with van der Waals surface area (Å²) in [6.45, 7) is 1.93. The fourth-order valence-corrected chi connectivity index (χ4v) is 2.64. The van der Waals surface area contributed by atoms with E-state index >= 15 is 0 Å². The summed E-state index contributed by atoms with van der Waals surface area (Å²) in [6, 6.07) is 6.92. The molecule has 2 aromatic rings. The lowest BCUT2D eigenvalue weighted by atomic mass is 10.1. The van der Waals surface area contributed by atoms with E-state index < -0.39 is 11.7 Å². The molecular formula is C19H20ClFN2O4. The van der Waals surface area contributed by atoms with Crippen LogP contribution in [-0.4, -0.2) is 32.6 Å². The Labute approximate surface area is 161 Å². The predicted octanol–water partition coefficient (Wildman–Crippen LogP) is 3.56. The molecule has 0 saturated heterocycles. The quantitative estimate of drug-likeness (QED) is 0.752. The summed E-state index contributed by atoms with van der Waals surface area (Å²) in [5, 5.41) is 5.36. The van der Waals surface area contributed by atoms with E-state index in [9.17, 15) is 14.0 Å². The molecule has 2 aromatic carbocycles. The minimum absolute atomic E-state index is 0.0119. The molecule has 0 saturated carbocycles. The second-order valence-corrected chi connectivity index (χ2v) is 6.11. The SMILES string of the molecule is COc1cc(C)c(NC(=O)CCNC(=O)c2ccc(F)cc2Cl)cc1OC. The van der Waals surface area contributed by atoms with Crippen molar-refractivity contribution in [1.29, 1.82) is 0 Å². The van der Waals surface area contributed by atoms with Gasteiger partial charge in [-0.2, -0.15) is 0 Å². The number of methoxy groups -OCH3 is 2. The van der Waals surface area contributed by atoms with Gasteiger partial charge < -0.3 is 20.1 Å². The molecule has 6 nitrogen and oxygen atoms in total. The third kappa shape index (κ3) is 5.34. The number of hydrogen-bond donors (Lipinski definition) is 2. The molecule has 0 aliphatic carbocycles. The van der Waals surface area contributed by atoms with Crippen molar-refractivity contribution in [2.75, 3.05) is 26.1 Å². The smallest absolute Gasteiger partial charge is 0.252 e. The van der Waals surface area contributed by atoms with Gasteiger partial charge in [-0.1, -0.05) is 11.6 Å². The zero-order chi connectivity index (χ0) is 20.0. The standard InChI is InChI=1S/C19H20ClFN2O4/c1-11-8-16(26-2)17(27-3)10-15(11)23-18(24)6-7-22-19(25)13-5-4-12(21)9-14(13)20/h4-5,8-10H,6-7H2,1-3H3,(H,22,25)(H,23,24). The van der Waals surface area contributed by atoms with Crippen LogP contribution in [0.5, 0.6) is 11.5 Å². The molecule has 0 aliphatic heterocycles. The molecule has 2 N–H and O–H groups in total. The number of halogens is 2. The molecule has 0 atom stereocenters. The van der Waals surface area contributed by atoms with E-state index in [2.05, 4.69) is 10.6 Å². The van der Waals surface area contributed by atoms with Crippen molar-refractivity contribution in [3.8, 4) is 11.5 Å². The number of aryl methyl sites for hydroxylation is 1. The van der Waals surface area contributed by atoms with E-state index in [1.807, 2.05) is 6.92 Å². The number of anilines is 1. The van der Waals surface area contributed by atoms with Crippen molar-refractivity contribution in [3.05, 3.63) is 52.3 Å². The molecule has 0 bridgehead atoms. The number of ether oxygens (including phenoxy) is 2. The van der Waals surface area contributed by atoms with Crippen molar-refractivity contribution < 1.29 is 23.5 Å². The maximum Gasteiger partial charge on any atom is 0.252 e. The molecular weight excluding hydrogens is 375 g/mol. The Balaban J connectivity index is 1.92. The molecule has 0 aliphatic rings. The number of rotatable bonds is 7. The Kier molecular flexibility index (Phi) is 7.01. The summed E-state index contributed by atoms with van der Waals surface area (Å²) < 4.78 is 23.5. The van der Waals surface area contributed by atoms with Gasteiger partial charge in [0.25, 0.3) is 5.91 Å². The van der Waals surface area contributed by atoms with Gasteiger partial charge in [0, 0.05) is 24.7 Å². The molecule has 2 rings (SSSR count).